The summed E-state index contributed by atoms with van der Waals surface area (Å²) in [5.41, 5.74) is 1.30. The Hall–Kier alpha value is -2.90. The maximum Gasteiger partial charge on any atom is 0.258 e. The molecule has 31 heavy (non-hydrogen) atoms. The summed E-state index contributed by atoms with van der Waals surface area (Å²) in [7, 11) is 0. The summed E-state index contributed by atoms with van der Waals surface area (Å²) in [6, 6.07) is 11.3. The van der Waals surface area contributed by atoms with Gasteiger partial charge in [-0.3, -0.25) is 14.3 Å². The van der Waals surface area contributed by atoms with E-state index in [2.05, 4.69) is 20.2 Å². The highest BCUT2D eigenvalue weighted by atomic mass is 35.5. The third kappa shape index (κ3) is 4.43. The van der Waals surface area contributed by atoms with Crippen LogP contribution in [-0.4, -0.2) is 40.2 Å². The fraction of sp³-hybridized carbons (Fsp3) is 0.348. The highest BCUT2D eigenvalue weighted by molar-refractivity contribution is 6.30. The molecule has 2 fully saturated rings. The number of fused-ring (bicyclic) bond motifs is 1. The SMILES string of the molecule is O=c1cc(OCc2ccc(Cl)cn2)ccn1-c1ccc(N2CC3CCCNC3C2)nc1. The zero-order valence-corrected chi connectivity index (χ0v) is 17.8. The van der Waals surface area contributed by atoms with E-state index in [1.54, 1.807) is 41.4 Å². The van der Waals surface area contributed by atoms with E-state index in [1.807, 2.05) is 12.1 Å². The molecule has 2 aliphatic heterocycles. The van der Waals surface area contributed by atoms with Gasteiger partial charge in [-0.15, -0.1) is 0 Å². The maximum atomic E-state index is 12.6. The molecule has 0 bridgehead atoms. The van der Waals surface area contributed by atoms with Crippen LogP contribution in [0, 0.1) is 5.92 Å². The average molecular weight is 438 g/mol. The van der Waals surface area contributed by atoms with E-state index < -0.39 is 0 Å². The van der Waals surface area contributed by atoms with Crippen LogP contribution in [0.3, 0.4) is 0 Å². The molecule has 3 aromatic heterocycles. The number of rotatable bonds is 5. The van der Waals surface area contributed by atoms with Gasteiger partial charge < -0.3 is 15.0 Å². The molecule has 8 heteroatoms. The van der Waals surface area contributed by atoms with E-state index in [0.29, 0.717) is 22.7 Å². The fourth-order valence-corrected chi connectivity index (χ4v) is 4.47. The average Bonchev–Trinajstić information content (AvgIpc) is 3.23. The van der Waals surface area contributed by atoms with Crippen LogP contribution in [0.5, 0.6) is 5.75 Å². The minimum Gasteiger partial charge on any atom is -0.487 e. The van der Waals surface area contributed by atoms with Gasteiger partial charge in [0.25, 0.3) is 5.56 Å². The lowest BCUT2D eigenvalue weighted by Gasteiger charge is -2.24. The molecule has 0 aromatic carbocycles. The van der Waals surface area contributed by atoms with Crippen LogP contribution < -0.4 is 20.5 Å². The van der Waals surface area contributed by atoms with Crippen molar-refractivity contribution in [3.8, 4) is 11.4 Å². The van der Waals surface area contributed by atoms with Crippen molar-refractivity contribution < 1.29 is 4.74 Å². The summed E-state index contributed by atoms with van der Waals surface area (Å²) < 4.78 is 7.25. The van der Waals surface area contributed by atoms with Crippen molar-refractivity contribution in [2.45, 2.75) is 25.5 Å². The molecule has 0 aliphatic carbocycles. The molecule has 5 rings (SSSR count). The summed E-state index contributed by atoms with van der Waals surface area (Å²) in [5.74, 6) is 2.16. The zero-order chi connectivity index (χ0) is 21.2. The highest BCUT2D eigenvalue weighted by Crippen LogP contribution is 2.28. The number of piperidine rings is 1. The Labute approximate surface area is 185 Å². The smallest absolute Gasteiger partial charge is 0.258 e. The molecule has 5 heterocycles. The van der Waals surface area contributed by atoms with Gasteiger partial charge in [0.15, 0.2) is 0 Å². The van der Waals surface area contributed by atoms with Gasteiger partial charge in [-0.2, -0.15) is 0 Å². The molecule has 2 unspecified atom stereocenters. The van der Waals surface area contributed by atoms with Crippen LogP contribution in [0.1, 0.15) is 18.5 Å². The quantitative estimate of drug-likeness (QED) is 0.661. The second-order valence-electron chi connectivity index (χ2n) is 8.07. The molecule has 0 saturated carbocycles. The van der Waals surface area contributed by atoms with Crippen molar-refractivity contribution in [1.29, 1.82) is 0 Å². The Morgan fingerprint density at radius 2 is 2.06 bits per heavy atom. The molecule has 3 aromatic rings. The molecule has 2 saturated heterocycles. The van der Waals surface area contributed by atoms with Crippen molar-refractivity contribution in [2.75, 3.05) is 24.5 Å². The van der Waals surface area contributed by atoms with Crippen LogP contribution in [0.15, 0.2) is 59.8 Å². The van der Waals surface area contributed by atoms with Crippen molar-refractivity contribution >= 4 is 17.4 Å². The van der Waals surface area contributed by atoms with Gasteiger partial charge in [0, 0.05) is 37.6 Å². The number of anilines is 1. The standard InChI is InChI=1S/C23H24ClN5O2/c24-17-3-4-18(26-11-17)15-31-20-7-9-29(23(30)10-20)19-5-6-22(27-12-19)28-13-16-2-1-8-25-21(16)14-28/h3-7,9-12,16,21,25H,1-2,8,13-15H2. The molecule has 7 nitrogen and oxygen atoms in total. The Morgan fingerprint density at radius 3 is 2.81 bits per heavy atom. The molecular weight excluding hydrogens is 414 g/mol. The number of hydrogen-bond donors (Lipinski definition) is 1. The molecule has 0 amide bonds. The normalized spacial score (nSPS) is 20.5. The summed E-state index contributed by atoms with van der Waals surface area (Å²) in [6.07, 6.45) is 7.56. The Balaban J connectivity index is 1.26. The van der Waals surface area contributed by atoms with Crippen molar-refractivity contribution in [3.05, 3.63) is 76.1 Å². The van der Waals surface area contributed by atoms with Crippen LogP contribution in [0.4, 0.5) is 5.82 Å². The number of pyridine rings is 3. The largest absolute Gasteiger partial charge is 0.487 e. The molecule has 2 atom stereocenters. The predicted molar refractivity (Wildman–Crippen MR) is 120 cm³/mol. The first kappa shape index (κ1) is 20.0. The summed E-state index contributed by atoms with van der Waals surface area (Å²) in [5, 5.41) is 4.19. The number of halogens is 1. The Morgan fingerprint density at radius 1 is 1.13 bits per heavy atom. The number of nitrogens with zero attached hydrogens (tertiary/aromatic N) is 4. The van der Waals surface area contributed by atoms with Crippen LogP contribution in [-0.2, 0) is 6.61 Å². The van der Waals surface area contributed by atoms with E-state index in [1.165, 1.54) is 18.9 Å². The number of nitrogens with one attached hydrogen (secondary N) is 1. The second kappa shape index (κ2) is 8.69. The van der Waals surface area contributed by atoms with Gasteiger partial charge in [0.2, 0.25) is 0 Å². The molecule has 160 valence electrons. The molecule has 0 radical (unpaired) electrons. The van der Waals surface area contributed by atoms with Gasteiger partial charge in [-0.25, -0.2) is 4.98 Å². The maximum absolute atomic E-state index is 12.6. The van der Waals surface area contributed by atoms with Crippen LogP contribution in [0.25, 0.3) is 5.69 Å². The third-order valence-corrected chi connectivity index (χ3v) is 6.22. The van der Waals surface area contributed by atoms with Gasteiger partial charge >= 0.3 is 0 Å². The lowest BCUT2D eigenvalue weighted by molar-refractivity contribution is 0.300. The Bertz CT molecular complexity index is 1090. The number of aromatic nitrogens is 3. The first-order chi connectivity index (χ1) is 15.2. The van der Waals surface area contributed by atoms with Gasteiger partial charge in [0.05, 0.1) is 22.6 Å². The molecule has 2 aliphatic rings. The van der Waals surface area contributed by atoms with E-state index >= 15 is 0 Å². The number of hydrogen-bond acceptors (Lipinski definition) is 6. The lowest BCUT2D eigenvalue weighted by Crippen LogP contribution is -2.40. The van der Waals surface area contributed by atoms with Gasteiger partial charge in [-0.05, 0) is 55.6 Å². The number of ether oxygens (including phenoxy) is 1. The zero-order valence-electron chi connectivity index (χ0n) is 17.1. The van der Waals surface area contributed by atoms with Crippen molar-refractivity contribution in [1.82, 2.24) is 19.9 Å². The minimum absolute atomic E-state index is 0.174. The van der Waals surface area contributed by atoms with Crippen molar-refractivity contribution in [2.24, 2.45) is 5.92 Å². The Kier molecular flexibility index (Phi) is 5.61. The monoisotopic (exact) mass is 437 g/mol. The molecule has 1 N–H and O–H groups in total. The second-order valence-corrected chi connectivity index (χ2v) is 8.51. The van der Waals surface area contributed by atoms with Crippen molar-refractivity contribution in [3.63, 3.8) is 0 Å². The van der Waals surface area contributed by atoms with E-state index in [4.69, 9.17) is 16.3 Å². The fourth-order valence-electron chi connectivity index (χ4n) is 4.35. The highest BCUT2D eigenvalue weighted by Gasteiger charge is 2.34. The van der Waals surface area contributed by atoms with E-state index in [-0.39, 0.29) is 12.2 Å². The predicted octanol–water partition coefficient (Wildman–Crippen LogP) is 3.05. The summed E-state index contributed by atoms with van der Waals surface area (Å²) in [4.78, 5) is 23.8. The summed E-state index contributed by atoms with van der Waals surface area (Å²) >= 11 is 5.84. The van der Waals surface area contributed by atoms with Crippen LogP contribution in [0.2, 0.25) is 5.02 Å². The van der Waals surface area contributed by atoms with E-state index in [9.17, 15) is 4.79 Å². The van der Waals surface area contributed by atoms with Gasteiger partial charge in [0.1, 0.15) is 18.2 Å². The van der Waals surface area contributed by atoms with Gasteiger partial charge in [-0.1, -0.05) is 11.6 Å². The topological polar surface area (TPSA) is 72.3 Å². The molecular formula is C23H24ClN5O2. The first-order valence-electron chi connectivity index (χ1n) is 10.6. The summed E-state index contributed by atoms with van der Waals surface area (Å²) in [6.45, 7) is 3.41. The van der Waals surface area contributed by atoms with E-state index in [0.717, 1.165) is 36.8 Å². The lowest BCUT2D eigenvalue weighted by atomic mass is 9.94. The first-order valence-corrected chi connectivity index (χ1v) is 10.9. The third-order valence-electron chi connectivity index (χ3n) is 6.00. The molecule has 0 spiro atoms. The minimum atomic E-state index is -0.174. The van der Waals surface area contributed by atoms with Crippen LogP contribution >= 0.6 is 11.6 Å².